The van der Waals surface area contributed by atoms with Crippen LogP contribution in [-0.4, -0.2) is 25.0 Å². The highest BCUT2D eigenvalue weighted by Gasteiger charge is 2.09. The number of halogens is 1. The first-order chi connectivity index (χ1) is 13.5. The Bertz CT molecular complexity index is 776. The Morgan fingerprint density at radius 1 is 1.14 bits per heavy atom. The molecule has 2 rings (SSSR count). The van der Waals surface area contributed by atoms with E-state index in [1.165, 1.54) is 5.56 Å². The van der Waals surface area contributed by atoms with Crippen LogP contribution in [0.15, 0.2) is 53.5 Å². The van der Waals surface area contributed by atoms with Crippen LogP contribution >= 0.6 is 24.0 Å². The fourth-order valence-corrected chi connectivity index (χ4v) is 2.68. The molecule has 1 unspecified atom stereocenters. The van der Waals surface area contributed by atoms with E-state index in [0.717, 1.165) is 17.0 Å². The van der Waals surface area contributed by atoms with Gasteiger partial charge in [-0.1, -0.05) is 29.8 Å². The first kappa shape index (κ1) is 24.7. The fraction of sp³-hybridized carbons (Fsp3) is 0.364. The molecule has 0 saturated carbocycles. The summed E-state index contributed by atoms with van der Waals surface area (Å²) in [6.45, 7) is 7.08. The van der Waals surface area contributed by atoms with Crippen LogP contribution in [0.5, 0.6) is 5.75 Å². The summed E-state index contributed by atoms with van der Waals surface area (Å²) < 4.78 is 5.43. The van der Waals surface area contributed by atoms with Crippen molar-refractivity contribution >= 4 is 41.5 Å². The van der Waals surface area contributed by atoms with Gasteiger partial charge in [-0.25, -0.2) is 0 Å². The van der Waals surface area contributed by atoms with Gasteiger partial charge in [0, 0.05) is 18.7 Å². The normalized spacial score (nSPS) is 11.9. The molecule has 0 aliphatic rings. The third-order valence-corrected chi connectivity index (χ3v) is 4.24. The largest absolute Gasteiger partial charge is 0.494 e. The van der Waals surface area contributed by atoms with Gasteiger partial charge < -0.3 is 21.1 Å². The molecule has 2 aromatic rings. The molecule has 1 amide bonds. The SMILES string of the molecule is CCOc1ccc(C(C)NC(=O)CCCN=C(N)Nc2ccc(C)cc2)cc1.I. The zero-order valence-electron chi connectivity index (χ0n) is 17.3. The van der Waals surface area contributed by atoms with Gasteiger partial charge in [0.15, 0.2) is 5.96 Å². The minimum atomic E-state index is -0.0556. The summed E-state index contributed by atoms with van der Waals surface area (Å²) in [6.07, 6.45) is 1.04. The van der Waals surface area contributed by atoms with Crippen LogP contribution in [0.2, 0.25) is 0 Å². The lowest BCUT2D eigenvalue weighted by molar-refractivity contribution is -0.121. The molecule has 0 bridgehead atoms. The van der Waals surface area contributed by atoms with E-state index in [2.05, 4.69) is 15.6 Å². The maximum Gasteiger partial charge on any atom is 0.220 e. The number of aliphatic imine (C=N–C) groups is 1. The number of benzene rings is 2. The third kappa shape index (κ3) is 9.17. The number of anilines is 1. The lowest BCUT2D eigenvalue weighted by Gasteiger charge is -2.15. The predicted octanol–water partition coefficient (Wildman–Crippen LogP) is 4.40. The summed E-state index contributed by atoms with van der Waals surface area (Å²) in [5, 5.41) is 6.05. The summed E-state index contributed by atoms with van der Waals surface area (Å²) in [5.74, 6) is 1.19. The van der Waals surface area contributed by atoms with Crippen LogP contribution in [-0.2, 0) is 4.79 Å². The number of nitrogens with one attached hydrogen (secondary N) is 2. The maximum atomic E-state index is 12.1. The van der Waals surface area contributed by atoms with Crippen molar-refractivity contribution in [2.24, 2.45) is 10.7 Å². The number of hydrogen-bond acceptors (Lipinski definition) is 3. The molecule has 29 heavy (non-hydrogen) atoms. The van der Waals surface area contributed by atoms with Gasteiger partial charge in [-0.15, -0.1) is 24.0 Å². The van der Waals surface area contributed by atoms with Crippen LogP contribution < -0.4 is 21.1 Å². The minimum Gasteiger partial charge on any atom is -0.494 e. The van der Waals surface area contributed by atoms with E-state index < -0.39 is 0 Å². The van der Waals surface area contributed by atoms with Crippen LogP contribution in [0.1, 0.15) is 43.9 Å². The van der Waals surface area contributed by atoms with Crippen molar-refractivity contribution in [3.05, 3.63) is 59.7 Å². The summed E-state index contributed by atoms with van der Waals surface area (Å²) >= 11 is 0. The van der Waals surface area contributed by atoms with Crippen molar-refractivity contribution in [2.45, 2.75) is 39.7 Å². The number of guanidine groups is 1. The number of amides is 1. The molecule has 2 aromatic carbocycles. The van der Waals surface area contributed by atoms with Gasteiger partial charge in [0.1, 0.15) is 5.75 Å². The summed E-state index contributed by atoms with van der Waals surface area (Å²) in [4.78, 5) is 16.4. The highest BCUT2D eigenvalue weighted by molar-refractivity contribution is 14.0. The molecule has 0 aliphatic carbocycles. The van der Waals surface area contributed by atoms with Crippen molar-refractivity contribution < 1.29 is 9.53 Å². The number of nitrogens with zero attached hydrogens (tertiary/aromatic N) is 1. The minimum absolute atomic E-state index is 0. The molecule has 0 heterocycles. The standard InChI is InChI=1S/C22H30N4O2.HI/c1-4-28-20-13-9-18(10-14-20)17(3)25-21(27)6-5-15-24-22(23)26-19-11-7-16(2)8-12-19;/h7-14,17H,4-6,15H2,1-3H3,(H,25,27)(H3,23,24,26);1H. The van der Waals surface area contributed by atoms with Gasteiger partial charge in [-0.2, -0.15) is 0 Å². The van der Waals surface area contributed by atoms with Gasteiger partial charge >= 0.3 is 0 Å². The molecule has 0 fully saturated rings. The zero-order valence-corrected chi connectivity index (χ0v) is 19.6. The number of rotatable bonds is 9. The Morgan fingerprint density at radius 2 is 1.79 bits per heavy atom. The zero-order chi connectivity index (χ0) is 20.4. The quantitative estimate of drug-likeness (QED) is 0.202. The third-order valence-electron chi connectivity index (χ3n) is 4.24. The molecule has 7 heteroatoms. The van der Waals surface area contributed by atoms with E-state index in [-0.39, 0.29) is 35.9 Å². The van der Waals surface area contributed by atoms with Crippen molar-refractivity contribution in [1.29, 1.82) is 0 Å². The van der Waals surface area contributed by atoms with Crippen molar-refractivity contribution in [3.8, 4) is 5.75 Å². The molecule has 1 atom stereocenters. The average Bonchev–Trinajstić information content (AvgIpc) is 2.68. The second-order valence-corrected chi connectivity index (χ2v) is 6.65. The van der Waals surface area contributed by atoms with Crippen LogP contribution in [0.25, 0.3) is 0 Å². The maximum absolute atomic E-state index is 12.1. The lowest BCUT2D eigenvalue weighted by Crippen LogP contribution is -2.26. The Morgan fingerprint density at radius 3 is 2.41 bits per heavy atom. The predicted molar refractivity (Wildman–Crippen MR) is 130 cm³/mol. The van der Waals surface area contributed by atoms with Crippen molar-refractivity contribution in [1.82, 2.24) is 5.32 Å². The Labute approximate surface area is 190 Å². The molecule has 0 radical (unpaired) electrons. The average molecular weight is 510 g/mol. The molecular weight excluding hydrogens is 479 g/mol. The lowest BCUT2D eigenvalue weighted by atomic mass is 10.1. The fourth-order valence-electron chi connectivity index (χ4n) is 2.68. The van der Waals surface area contributed by atoms with E-state index in [1.807, 2.05) is 69.3 Å². The van der Waals surface area contributed by atoms with Crippen LogP contribution in [0.3, 0.4) is 0 Å². The van der Waals surface area contributed by atoms with E-state index >= 15 is 0 Å². The first-order valence-electron chi connectivity index (χ1n) is 9.63. The van der Waals surface area contributed by atoms with E-state index in [1.54, 1.807) is 0 Å². The van der Waals surface area contributed by atoms with E-state index in [0.29, 0.717) is 32.0 Å². The second kappa shape index (κ2) is 13.0. The Balaban J connectivity index is 0.00000420. The Hall–Kier alpha value is -2.29. The number of aryl methyl sites for hydroxylation is 1. The first-order valence-corrected chi connectivity index (χ1v) is 9.63. The van der Waals surface area contributed by atoms with Crippen molar-refractivity contribution in [2.75, 3.05) is 18.5 Å². The molecule has 0 spiro atoms. The number of nitrogens with two attached hydrogens (primary N) is 1. The highest BCUT2D eigenvalue weighted by atomic mass is 127. The van der Waals surface area contributed by atoms with Gasteiger partial charge in [-0.3, -0.25) is 9.79 Å². The molecule has 0 aliphatic heterocycles. The van der Waals surface area contributed by atoms with Gasteiger partial charge in [0.05, 0.1) is 12.6 Å². The van der Waals surface area contributed by atoms with E-state index in [4.69, 9.17) is 10.5 Å². The van der Waals surface area contributed by atoms with Crippen LogP contribution in [0, 0.1) is 6.92 Å². The van der Waals surface area contributed by atoms with Crippen molar-refractivity contribution in [3.63, 3.8) is 0 Å². The molecule has 4 N–H and O–H groups in total. The molecule has 0 aromatic heterocycles. The summed E-state index contributed by atoms with van der Waals surface area (Å²) in [7, 11) is 0. The number of carbonyl (C=O) groups is 1. The summed E-state index contributed by atoms with van der Waals surface area (Å²) in [6, 6.07) is 15.6. The Kier molecular flexibility index (Phi) is 11.1. The topological polar surface area (TPSA) is 88.7 Å². The molecule has 6 nitrogen and oxygen atoms in total. The smallest absolute Gasteiger partial charge is 0.220 e. The van der Waals surface area contributed by atoms with Crippen LogP contribution in [0.4, 0.5) is 5.69 Å². The number of carbonyl (C=O) groups excluding carboxylic acids is 1. The van der Waals surface area contributed by atoms with E-state index in [9.17, 15) is 4.79 Å². The molecule has 158 valence electrons. The highest BCUT2D eigenvalue weighted by Crippen LogP contribution is 2.17. The second-order valence-electron chi connectivity index (χ2n) is 6.65. The van der Waals surface area contributed by atoms with Gasteiger partial charge in [0.2, 0.25) is 5.91 Å². The van der Waals surface area contributed by atoms with Gasteiger partial charge in [-0.05, 0) is 57.0 Å². The summed E-state index contributed by atoms with van der Waals surface area (Å²) in [5.41, 5.74) is 9.01. The molecular formula is C22H31IN4O2. The monoisotopic (exact) mass is 510 g/mol. The molecule has 0 saturated heterocycles. The van der Waals surface area contributed by atoms with Gasteiger partial charge in [0.25, 0.3) is 0 Å². The number of hydrogen-bond donors (Lipinski definition) is 3. The number of ether oxygens (including phenoxy) is 1.